The van der Waals surface area contributed by atoms with Crippen LogP contribution in [0.15, 0.2) is 53.0 Å². The highest BCUT2D eigenvalue weighted by molar-refractivity contribution is 9.10. The number of carbonyl (C=O) groups is 1. The molecule has 0 bridgehead atoms. The third kappa shape index (κ3) is 11.9. The Kier molecular flexibility index (Phi) is 14.2. The first-order chi connectivity index (χ1) is 18.5. The lowest BCUT2D eigenvalue weighted by atomic mass is 9.99. The molecule has 0 atom stereocenters. The van der Waals surface area contributed by atoms with Crippen molar-refractivity contribution in [3.8, 4) is 11.5 Å². The number of hydrogen-bond acceptors (Lipinski definition) is 5. The summed E-state index contributed by atoms with van der Waals surface area (Å²) in [5.74, 6) is 2.89. The quantitative estimate of drug-likeness (QED) is 0.190. The van der Waals surface area contributed by atoms with Crippen LogP contribution < -0.4 is 9.47 Å². The van der Waals surface area contributed by atoms with E-state index in [2.05, 4.69) is 32.7 Å². The Hall–Kier alpha value is -1.89. The Morgan fingerprint density at radius 1 is 0.789 bits per heavy atom. The van der Waals surface area contributed by atoms with Gasteiger partial charge in [0.15, 0.2) is 5.78 Å². The molecule has 2 heterocycles. The van der Waals surface area contributed by atoms with Gasteiger partial charge in [0.1, 0.15) is 11.5 Å². The molecule has 2 aliphatic rings. The first kappa shape index (κ1) is 30.6. The monoisotopic (exact) mass is 586 g/mol. The van der Waals surface area contributed by atoms with E-state index in [1.54, 1.807) is 0 Å². The van der Waals surface area contributed by atoms with Gasteiger partial charge in [0.25, 0.3) is 0 Å². The number of Topliss-reactive ketones (excluding diaryl/α,β-unsaturated/α-hetero) is 1. The Labute approximate surface area is 239 Å². The van der Waals surface area contributed by atoms with Gasteiger partial charge in [-0.1, -0.05) is 36.2 Å². The van der Waals surface area contributed by atoms with E-state index in [-0.39, 0.29) is 5.78 Å². The maximum absolute atomic E-state index is 11.5. The summed E-state index contributed by atoms with van der Waals surface area (Å²) in [4.78, 5) is 16.6. The van der Waals surface area contributed by atoms with E-state index >= 15 is 0 Å². The average molecular weight is 588 g/mol. The maximum atomic E-state index is 11.5. The van der Waals surface area contributed by atoms with Crippen molar-refractivity contribution < 1.29 is 14.3 Å². The third-order valence-electron chi connectivity index (χ3n) is 7.41. The fraction of sp³-hybridized carbons (Fsp3) is 0.594. The van der Waals surface area contributed by atoms with E-state index in [1.807, 2.05) is 55.5 Å². The third-order valence-corrected chi connectivity index (χ3v) is 7.94. The van der Waals surface area contributed by atoms with Crippen LogP contribution >= 0.6 is 15.9 Å². The first-order valence-corrected chi connectivity index (χ1v) is 15.4. The second-order valence-corrected chi connectivity index (χ2v) is 11.5. The largest absolute Gasteiger partial charge is 0.494 e. The van der Waals surface area contributed by atoms with Gasteiger partial charge < -0.3 is 19.3 Å². The number of likely N-dealkylation sites (tertiary alicyclic amines) is 2. The highest BCUT2D eigenvalue weighted by Gasteiger charge is 2.15. The predicted octanol–water partition coefficient (Wildman–Crippen LogP) is 7.48. The summed E-state index contributed by atoms with van der Waals surface area (Å²) >= 11 is 3.42. The van der Waals surface area contributed by atoms with E-state index < -0.39 is 0 Å². The van der Waals surface area contributed by atoms with E-state index in [1.165, 1.54) is 64.8 Å². The molecular weight excluding hydrogens is 540 g/mol. The van der Waals surface area contributed by atoms with Crippen molar-refractivity contribution in [1.29, 1.82) is 0 Å². The average Bonchev–Trinajstić information content (AvgIpc) is 2.96. The molecule has 0 aromatic heterocycles. The molecule has 210 valence electrons. The molecular formula is C32H47BrN2O3. The molecule has 2 fully saturated rings. The van der Waals surface area contributed by atoms with Crippen LogP contribution in [0.4, 0.5) is 0 Å². The number of benzene rings is 2. The molecule has 2 aromatic rings. The summed E-state index contributed by atoms with van der Waals surface area (Å²) in [7, 11) is 0. The Morgan fingerprint density at radius 3 is 1.82 bits per heavy atom. The molecule has 2 saturated heterocycles. The Balaban J connectivity index is 0.000000215. The second-order valence-electron chi connectivity index (χ2n) is 10.6. The molecule has 0 aliphatic carbocycles. The van der Waals surface area contributed by atoms with E-state index in [4.69, 9.17) is 9.47 Å². The maximum Gasteiger partial charge on any atom is 0.162 e. The number of ketones is 1. The SMILES string of the molecule is Brc1ccc(OCCCN2CCCCC2)cc1.CCC(=O)c1ccc(OCCCN2CCC(C)CC2)cc1. The molecule has 2 aromatic carbocycles. The van der Waals surface area contributed by atoms with Gasteiger partial charge in [-0.15, -0.1) is 0 Å². The number of piperidine rings is 2. The van der Waals surface area contributed by atoms with Crippen LogP contribution in [0.1, 0.15) is 75.6 Å². The number of carbonyl (C=O) groups excluding carboxylic acids is 1. The van der Waals surface area contributed by atoms with E-state index in [0.29, 0.717) is 6.42 Å². The lowest BCUT2D eigenvalue weighted by Gasteiger charge is -2.30. The minimum absolute atomic E-state index is 0.181. The van der Waals surface area contributed by atoms with Gasteiger partial charge in [-0.3, -0.25) is 4.79 Å². The standard InChI is InChI=1S/C18H27NO2.C14H20BrNO/c1-3-18(20)16-5-7-17(8-6-16)21-14-4-11-19-12-9-15(2)10-13-19;15-13-5-7-14(8-6-13)17-12-4-11-16-9-2-1-3-10-16/h5-8,15H,3-4,9-14H2,1-2H3;5-8H,1-4,9-12H2. The first-order valence-electron chi connectivity index (χ1n) is 14.6. The highest BCUT2D eigenvalue weighted by Crippen LogP contribution is 2.18. The molecule has 6 heteroatoms. The number of nitrogens with zero attached hydrogens (tertiary/aromatic N) is 2. The molecule has 0 N–H and O–H groups in total. The van der Waals surface area contributed by atoms with Gasteiger partial charge in [-0.05, 0) is 119 Å². The van der Waals surface area contributed by atoms with Crippen LogP contribution in [0, 0.1) is 5.92 Å². The van der Waals surface area contributed by atoms with Crippen LogP contribution in [0.3, 0.4) is 0 Å². The molecule has 5 nitrogen and oxygen atoms in total. The topological polar surface area (TPSA) is 42.0 Å². The number of halogens is 1. The lowest BCUT2D eigenvalue weighted by molar-refractivity contribution is 0.0988. The van der Waals surface area contributed by atoms with E-state index in [0.717, 1.165) is 60.1 Å². The minimum atomic E-state index is 0.181. The molecule has 0 unspecified atom stereocenters. The zero-order valence-electron chi connectivity index (χ0n) is 23.5. The minimum Gasteiger partial charge on any atom is -0.494 e. The van der Waals surface area contributed by atoms with Crippen molar-refractivity contribution in [2.45, 2.75) is 65.2 Å². The number of ether oxygens (including phenoxy) is 2. The van der Waals surface area contributed by atoms with Crippen molar-refractivity contribution >= 4 is 21.7 Å². The van der Waals surface area contributed by atoms with Crippen molar-refractivity contribution in [2.24, 2.45) is 5.92 Å². The van der Waals surface area contributed by atoms with Crippen LogP contribution in [-0.2, 0) is 0 Å². The summed E-state index contributed by atoms with van der Waals surface area (Å²) < 4.78 is 12.5. The van der Waals surface area contributed by atoms with Crippen LogP contribution in [-0.4, -0.2) is 68.1 Å². The molecule has 38 heavy (non-hydrogen) atoms. The normalized spacial score (nSPS) is 16.9. The van der Waals surface area contributed by atoms with Crippen molar-refractivity contribution in [2.75, 3.05) is 52.5 Å². The zero-order chi connectivity index (χ0) is 27.0. The smallest absolute Gasteiger partial charge is 0.162 e. The summed E-state index contributed by atoms with van der Waals surface area (Å²) in [5.41, 5.74) is 0.771. The molecule has 4 rings (SSSR count). The summed E-state index contributed by atoms with van der Waals surface area (Å²) in [5, 5.41) is 0. The second kappa shape index (κ2) is 17.6. The summed E-state index contributed by atoms with van der Waals surface area (Å²) in [6.07, 6.45) is 9.53. The highest BCUT2D eigenvalue weighted by atomic mass is 79.9. The molecule has 0 amide bonds. The molecule has 2 aliphatic heterocycles. The molecule has 0 spiro atoms. The van der Waals surface area contributed by atoms with Gasteiger partial charge in [0.2, 0.25) is 0 Å². The van der Waals surface area contributed by atoms with Gasteiger partial charge in [0.05, 0.1) is 13.2 Å². The fourth-order valence-corrected chi connectivity index (χ4v) is 5.16. The predicted molar refractivity (Wildman–Crippen MR) is 161 cm³/mol. The van der Waals surface area contributed by atoms with Gasteiger partial charge in [-0.2, -0.15) is 0 Å². The Morgan fingerprint density at radius 2 is 1.29 bits per heavy atom. The number of rotatable bonds is 12. The van der Waals surface area contributed by atoms with Gasteiger partial charge >= 0.3 is 0 Å². The summed E-state index contributed by atoms with van der Waals surface area (Å²) in [6, 6.07) is 15.5. The van der Waals surface area contributed by atoms with Crippen molar-refractivity contribution in [3.63, 3.8) is 0 Å². The lowest BCUT2D eigenvalue weighted by Crippen LogP contribution is -2.34. The van der Waals surface area contributed by atoms with Crippen LogP contribution in [0.5, 0.6) is 11.5 Å². The molecule has 0 saturated carbocycles. The number of hydrogen-bond donors (Lipinski definition) is 0. The Bertz CT molecular complexity index is 905. The van der Waals surface area contributed by atoms with Crippen LogP contribution in [0.2, 0.25) is 0 Å². The molecule has 0 radical (unpaired) electrons. The van der Waals surface area contributed by atoms with Crippen molar-refractivity contribution in [3.05, 3.63) is 58.6 Å². The van der Waals surface area contributed by atoms with Crippen molar-refractivity contribution in [1.82, 2.24) is 9.80 Å². The zero-order valence-corrected chi connectivity index (χ0v) is 25.1. The van der Waals surface area contributed by atoms with Gasteiger partial charge in [-0.25, -0.2) is 0 Å². The van der Waals surface area contributed by atoms with Crippen LogP contribution in [0.25, 0.3) is 0 Å². The van der Waals surface area contributed by atoms with Gasteiger partial charge in [0, 0.05) is 29.5 Å². The summed E-state index contributed by atoms with van der Waals surface area (Å²) in [6.45, 7) is 13.1. The fourth-order valence-electron chi connectivity index (χ4n) is 4.90. The van der Waals surface area contributed by atoms with E-state index in [9.17, 15) is 4.79 Å².